The molecule has 322 valence electrons. The first-order valence-electron chi connectivity index (χ1n) is 23.7. The zero-order chi connectivity index (χ0) is 45.2. The van der Waals surface area contributed by atoms with Crippen LogP contribution in [0.25, 0.3) is 91.8 Å². The molecular formula is C65H46N2S. The van der Waals surface area contributed by atoms with Gasteiger partial charge in [0.2, 0.25) is 0 Å². The molecular weight excluding hydrogens is 841 g/mol. The molecule has 13 rings (SSSR count). The van der Waals surface area contributed by atoms with Gasteiger partial charge in [-0.1, -0.05) is 207 Å². The molecule has 0 fully saturated rings. The van der Waals surface area contributed by atoms with E-state index in [0.717, 1.165) is 39.5 Å². The highest BCUT2D eigenvalue weighted by molar-refractivity contribution is 7.26. The van der Waals surface area contributed by atoms with Crippen molar-refractivity contribution in [3.63, 3.8) is 0 Å². The van der Waals surface area contributed by atoms with Crippen molar-refractivity contribution < 1.29 is 0 Å². The third kappa shape index (κ3) is 6.84. The minimum atomic E-state index is -0.352. The lowest BCUT2D eigenvalue weighted by atomic mass is 9.66. The molecule has 0 N–H and O–H groups in total. The lowest BCUT2D eigenvalue weighted by Crippen LogP contribution is -2.29. The van der Waals surface area contributed by atoms with Crippen molar-refractivity contribution in [3.05, 3.63) is 259 Å². The van der Waals surface area contributed by atoms with Crippen molar-refractivity contribution in [2.24, 2.45) is 0 Å². The Balaban J connectivity index is 0.924. The molecule has 0 bridgehead atoms. The third-order valence-electron chi connectivity index (χ3n) is 14.6. The van der Waals surface area contributed by atoms with Crippen LogP contribution in [0.4, 0.5) is 0 Å². The molecule has 3 heteroatoms. The summed E-state index contributed by atoms with van der Waals surface area (Å²) in [5, 5.41) is 7.30. The van der Waals surface area contributed by atoms with Gasteiger partial charge in [-0.25, -0.2) is 4.98 Å². The minimum absolute atomic E-state index is 0.0880. The molecule has 3 unspecified atom stereocenters. The van der Waals surface area contributed by atoms with Gasteiger partial charge in [-0.15, -0.1) is 11.3 Å². The Labute approximate surface area is 400 Å². The summed E-state index contributed by atoms with van der Waals surface area (Å²) in [6.45, 7) is 2.44. The Kier molecular flexibility index (Phi) is 9.73. The van der Waals surface area contributed by atoms with Crippen LogP contribution in [0.3, 0.4) is 0 Å². The fourth-order valence-corrected chi connectivity index (χ4v) is 12.4. The van der Waals surface area contributed by atoms with E-state index in [2.05, 4.69) is 238 Å². The Morgan fingerprint density at radius 3 is 1.91 bits per heavy atom. The molecule has 68 heavy (non-hydrogen) atoms. The maximum atomic E-state index is 5.32. The standard InChI is InChI=1S/C65H46N2S/c1-65(35-13-12-28-58(65)44-29-31-45(32-30-44)60-41-66-62-54-26-10-8-24-52(54)53-25-9-11-27-55(53)63(62)67-60)59-40-51(49-23-15-21-47(37-49)43-18-6-3-7-19-43)39-57-56-38-50(33-34-61(56)68-64(57)59)48-22-14-20-46(36-48)42-16-4-2-5-17-42/h2-35,37-41,48,58H,36H2,1H3. The number of nitrogens with zero attached hydrogens (tertiary/aromatic N) is 2. The van der Waals surface area contributed by atoms with Gasteiger partial charge in [-0.2, -0.15) is 0 Å². The van der Waals surface area contributed by atoms with Gasteiger partial charge in [-0.05, 0) is 97.6 Å². The number of aromatic nitrogens is 2. The molecule has 2 aromatic heterocycles. The Morgan fingerprint density at radius 2 is 1.15 bits per heavy atom. The first kappa shape index (κ1) is 40.3. The summed E-state index contributed by atoms with van der Waals surface area (Å²) in [7, 11) is 0. The van der Waals surface area contributed by atoms with Gasteiger partial charge in [0.1, 0.15) is 0 Å². The molecule has 2 aliphatic rings. The number of fused-ring (bicyclic) bond motifs is 9. The zero-order valence-corrected chi connectivity index (χ0v) is 38.5. The summed E-state index contributed by atoms with van der Waals surface area (Å²) in [6.07, 6.45) is 19.1. The van der Waals surface area contributed by atoms with E-state index >= 15 is 0 Å². The molecule has 3 atom stereocenters. The van der Waals surface area contributed by atoms with Crippen LogP contribution in [0.15, 0.2) is 237 Å². The molecule has 0 saturated heterocycles. The highest BCUT2D eigenvalue weighted by atomic mass is 32.1. The molecule has 0 radical (unpaired) electrons. The lowest BCUT2D eigenvalue weighted by molar-refractivity contribution is 0.530. The van der Waals surface area contributed by atoms with E-state index < -0.39 is 0 Å². The predicted octanol–water partition coefficient (Wildman–Crippen LogP) is 17.6. The highest BCUT2D eigenvalue weighted by Gasteiger charge is 2.37. The van der Waals surface area contributed by atoms with E-state index in [-0.39, 0.29) is 11.3 Å². The van der Waals surface area contributed by atoms with Crippen molar-refractivity contribution in [3.8, 4) is 33.5 Å². The molecule has 11 aromatic rings. The van der Waals surface area contributed by atoms with Crippen molar-refractivity contribution in [1.29, 1.82) is 0 Å². The topological polar surface area (TPSA) is 25.8 Å². The van der Waals surface area contributed by atoms with Crippen LogP contribution in [0.1, 0.15) is 47.4 Å². The predicted molar refractivity (Wildman–Crippen MR) is 289 cm³/mol. The van der Waals surface area contributed by atoms with Crippen molar-refractivity contribution in [2.45, 2.75) is 30.6 Å². The molecule has 0 aliphatic heterocycles. The molecule has 0 amide bonds. The van der Waals surface area contributed by atoms with E-state index in [1.54, 1.807) is 0 Å². The van der Waals surface area contributed by atoms with E-state index in [4.69, 9.17) is 9.97 Å². The monoisotopic (exact) mass is 886 g/mol. The number of hydrogen-bond acceptors (Lipinski definition) is 3. The summed E-state index contributed by atoms with van der Waals surface area (Å²) >= 11 is 1.93. The van der Waals surface area contributed by atoms with Gasteiger partial charge in [0.15, 0.2) is 0 Å². The molecule has 2 heterocycles. The molecule has 2 aliphatic carbocycles. The van der Waals surface area contributed by atoms with Crippen molar-refractivity contribution in [1.82, 2.24) is 9.97 Å². The second-order valence-electron chi connectivity index (χ2n) is 18.6. The number of hydrogen-bond donors (Lipinski definition) is 0. The maximum absolute atomic E-state index is 5.32. The lowest BCUT2D eigenvalue weighted by Gasteiger charge is -2.37. The Morgan fingerprint density at radius 1 is 0.485 bits per heavy atom. The van der Waals surface area contributed by atoms with E-state index in [0.29, 0.717) is 5.92 Å². The van der Waals surface area contributed by atoms with E-state index in [9.17, 15) is 0 Å². The second kappa shape index (κ2) is 16.4. The third-order valence-corrected chi connectivity index (χ3v) is 15.8. The van der Waals surface area contributed by atoms with Crippen molar-refractivity contribution >= 4 is 69.7 Å². The van der Waals surface area contributed by atoms with Crippen LogP contribution in [0.2, 0.25) is 0 Å². The fraction of sp³-hybridized carbons (Fsp3) is 0.0769. The summed E-state index contributed by atoms with van der Waals surface area (Å²) in [5.74, 6) is 0.390. The Hall–Kier alpha value is -7.98. The average Bonchev–Trinajstić information content (AvgIpc) is 3.79. The van der Waals surface area contributed by atoms with Gasteiger partial charge < -0.3 is 0 Å². The van der Waals surface area contributed by atoms with Crippen LogP contribution in [-0.4, -0.2) is 9.97 Å². The van der Waals surface area contributed by atoms with Gasteiger partial charge in [0, 0.05) is 53.8 Å². The summed E-state index contributed by atoms with van der Waals surface area (Å²) in [6, 6.07) is 69.0. The van der Waals surface area contributed by atoms with Crippen LogP contribution in [0.5, 0.6) is 0 Å². The van der Waals surface area contributed by atoms with Gasteiger partial charge >= 0.3 is 0 Å². The number of allylic oxidation sites excluding steroid dienone is 8. The average molecular weight is 887 g/mol. The normalized spacial score (nSPS) is 18.0. The van der Waals surface area contributed by atoms with Crippen LogP contribution < -0.4 is 0 Å². The fourth-order valence-electron chi connectivity index (χ4n) is 11.0. The molecule has 2 nitrogen and oxygen atoms in total. The van der Waals surface area contributed by atoms with Crippen LogP contribution in [-0.2, 0) is 5.41 Å². The quantitative estimate of drug-likeness (QED) is 0.149. The molecule has 0 spiro atoms. The zero-order valence-electron chi connectivity index (χ0n) is 37.7. The molecule has 9 aromatic carbocycles. The van der Waals surface area contributed by atoms with E-state index in [1.807, 2.05) is 17.5 Å². The number of thiophene rings is 1. The Bertz CT molecular complexity index is 3860. The first-order chi connectivity index (χ1) is 33.6. The minimum Gasteiger partial charge on any atom is -0.252 e. The van der Waals surface area contributed by atoms with Crippen LogP contribution >= 0.6 is 11.3 Å². The van der Waals surface area contributed by atoms with Crippen molar-refractivity contribution in [2.75, 3.05) is 0 Å². The largest absolute Gasteiger partial charge is 0.252 e. The second-order valence-corrected chi connectivity index (χ2v) is 19.7. The highest BCUT2D eigenvalue weighted by Crippen LogP contribution is 2.51. The molecule has 0 saturated carbocycles. The summed E-state index contributed by atoms with van der Waals surface area (Å²) in [5.41, 5.74) is 15.0. The van der Waals surface area contributed by atoms with E-state index in [1.165, 1.54) is 81.0 Å². The summed E-state index contributed by atoms with van der Waals surface area (Å²) < 4.78 is 2.66. The number of benzene rings is 9. The van der Waals surface area contributed by atoms with Crippen LogP contribution in [0, 0.1) is 0 Å². The summed E-state index contributed by atoms with van der Waals surface area (Å²) in [4.78, 5) is 10.4. The SMILES string of the molecule is CC1(c2cc(-c3cccc(-c4ccccc4)c3)cc3c2sc2ccc(C4C=CC=C(c5ccccc5)C4)cc23)C=CC=CC1c1ccc(-c2cnc3c4ccccc4c4ccccc4c3n2)cc1. The van der Waals surface area contributed by atoms with Gasteiger partial charge in [-0.3, -0.25) is 4.98 Å². The first-order valence-corrected chi connectivity index (χ1v) is 24.5. The number of rotatable bonds is 7. The van der Waals surface area contributed by atoms with Gasteiger partial charge in [0.05, 0.1) is 22.9 Å². The van der Waals surface area contributed by atoms with Gasteiger partial charge in [0.25, 0.3) is 0 Å². The maximum Gasteiger partial charge on any atom is 0.0979 e. The smallest absolute Gasteiger partial charge is 0.0979 e.